The van der Waals surface area contributed by atoms with Gasteiger partial charge in [0.1, 0.15) is 13.2 Å². The van der Waals surface area contributed by atoms with Gasteiger partial charge in [0, 0.05) is 19.3 Å². The zero-order chi connectivity index (χ0) is 59.9. The minimum absolute atomic E-state index is 0.0716. The molecule has 0 aliphatic carbocycles. The van der Waals surface area contributed by atoms with Gasteiger partial charge < -0.3 is 14.2 Å². The van der Waals surface area contributed by atoms with Crippen molar-refractivity contribution in [3.8, 4) is 0 Å². The van der Waals surface area contributed by atoms with Gasteiger partial charge in [-0.1, -0.05) is 337 Å². The van der Waals surface area contributed by atoms with Crippen LogP contribution in [0.15, 0.2) is 85.1 Å². The summed E-state index contributed by atoms with van der Waals surface area (Å²) in [5.41, 5.74) is 0. The Balaban J connectivity index is 4.00. The van der Waals surface area contributed by atoms with Crippen LogP contribution in [0.3, 0.4) is 0 Å². The quantitative estimate of drug-likeness (QED) is 0.0261. The summed E-state index contributed by atoms with van der Waals surface area (Å²) in [4.78, 5) is 38.2. The SMILES string of the molecule is CC/C=C\C/C=C\C/C=C\C/C=C\C/C=C\CCCCCCCCCCCCCCCCCCCCCC(=O)OCC(COC(=O)CCCCCCCCC)OC(=O)CCCCCCCCCCCCC/C=C\C/C=C\CCCCCCC. The fourth-order valence-corrected chi connectivity index (χ4v) is 10.5. The van der Waals surface area contributed by atoms with Gasteiger partial charge in [0.15, 0.2) is 6.10 Å². The van der Waals surface area contributed by atoms with Gasteiger partial charge in [-0.3, -0.25) is 14.4 Å². The third-order valence-corrected chi connectivity index (χ3v) is 15.9. The predicted molar refractivity (Wildman–Crippen MR) is 362 cm³/mol. The van der Waals surface area contributed by atoms with Crippen LogP contribution in [-0.2, 0) is 28.6 Å². The van der Waals surface area contributed by atoms with E-state index in [1.807, 2.05) is 0 Å². The van der Waals surface area contributed by atoms with E-state index in [0.29, 0.717) is 19.3 Å². The molecule has 0 aliphatic heterocycles. The summed E-state index contributed by atoms with van der Waals surface area (Å²) in [6.07, 6.45) is 95.1. The Hall–Kier alpha value is -3.41. The van der Waals surface area contributed by atoms with Gasteiger partial charge in [-0.2, -0.15) is 0 Å². The second-order valence-corrected chi connectivity index (χ2v) is 24.1. The molecule has 0 saturated heterocycles. The average Bonchev–Trinajstić information content (AvgIpc) is 3.49. The molecule has 480 valence electrons. The maximum atomic E-state index is 12.9. The Morgan fingerprint density at radius 1 is 0.253 bits per heavy atom. The molecule has 1 unspecified atom stereocenters. The molecule has 0 rings (SSSR count). The van der Waals surface area contributed by atoms with Crippen LogP contribution in [-0.4, -0.2) is 37.2 Å². The lowest BCUT2D eigenvalue weighted by Gasteiger charge is -2.18. The van der Waals surface area contributed by atoms with Crippen LogP contribution >= 0.6 is 0 Å². The molecule has 0 amide bonds. The van der Waals surface area contributed by atoms with Crippen LogP contribution < -0.4 is 0 Å². The van der Waals surface area contributed by atoms with Gasteiger partial charge in [0.25, 0.3) is 0 Å². The number of esters is 3. The van der Waals surface area contributed by atoms with Gasteiger partial charge in [0.2, 0.25) is 0 Å². The fraction of sp³-hybridized carbons (Fsp3) is 0.779. The molecule has 0 saturated carbocycles. The number of unbranched alkanes of at least 4 members (excludes halogenated alkanes) is 41. The van der Waals surface area contributed by atoms with Gasteiger partial charge in [-0.25, -0.2) is 0 Å². The summed E-state index contributed by atoms with van der Waals surface area (Å²) >= 11 is 0. The third-order valence-electron chi connectivity index (χ3n) is 15.9. The lowest BCUT2D eigenvalue weighted by Crippen LogP contribution is -2.30. The van der Waals surface area contributed by atoms with Gasteiger partial charge in [-0.05, 0) is 96.3 Å². The van der Waals surface area contributed by atoms with Crippen molar-refractivity contribution < 1.29 is 28.6 Å². The van der Waals surface area contributed by atoms with Crippen LogP contribution in [0.2, 0.25) is 0 Å². The van der Waals surface area contributed by atoms with E-state index in [1.54, 1.807) is 0 Å². The Morgan fingerprint density at radius 3 is 0.735 bits per heavy atom. The van der Waals surface area contributed by atoms with E-state index >= 15 is 0 Å². The highest BCUT2D eigenvalue weighted by Gasteiger charge is 2.19. The van der Waals surface area contributed by atoms with Crippen molar-refractivity contribution in [2.75, 3.05) is 13.2 Å². The molecule has 83 heavy (non-hydrogen) atoms. The second-order valence-electron chi connectivity index (χ2n) is 24.1. The second kappa shape index (κ2) is 71.1. The normalized spacial score (nSPS) is 12.6. The molecule has 6 nitrogen and oxygen atoms in total. The molecule has 0 bridgehead atoms. The smallest absolute Gasteiger partial charge is 0.306 e. The highest BCUT2D eigenvalue weighted by Crippen LogP contribution is 2.18. The average molecular weight is 1160 g/mol. The molecule has 0 aromatic carbocycles. The summed E-state index contributed by atoms with van der Waals surface area (Å²) in [6.45, 7) is 6.52. The van der Waals surface area contributed by atoms with Crippen LogP contribution in [0, 0.1) is 0 Å². The van der Waals surface area contributed by atoms with Crippen LogP contribution in [0.5, 0.6) is 0 Å². The van der Waals surface area contributed by atoms with Crippen LogP contribution in [0.25, 0.3) is 0 Å². The number of rotatable bonds is 66. The first-order chi connectivity index (χ1) is 41.0. The van der Waals surface area contributed by atoms with Crippen molar-refractivity contribution >= 4 is 17.9 Å². The maximum Gasteiger partial charge on any atom is 0.306 e. The lowest BCUT2D eigenvalue weighted by molar-refractivity contribution is -0.167. The topological polar surface area (TPSA) is 78.9 Å². The van der Waals surface area contributed by atoms with Crippen LogP contribution in [0.1, 0.15) is 367 Å². The number of hydrogen-bond acceptors (Lipinski definition) is 6. The molecule has 0 N–H and O–H groups in total. The van der Waals surface area contributed by atoms with E-state index in [9.17, 15) is 14.4 Å². The molecule has 6 heteroatoms. The number of carbonyl (C=O) groups is 3. The van der Waals surface area contributed by atoms with Crippen molar-refractivity contribution in [3.05, 3.63) is 85.1 Å². The summed E-state index contributed by atoms with van der Waals surface area (Å²) < 4.78 is 16.9. The zero-order valence-electron chi connectivity index (χ0n) is 55.2. The molecular weight excluding hydrogens is 1020 g/mol. The highest BCUT2D eigenvalue weighted by molar-refractivity contribution is 5.71. The molecular formula is C77H136O6. The zero-order valence-corrected chi connectivity index (χ0v) is 55.2. The summed E-state index contributed by atoms with van der Waals surface area (Å²) in [5.74, 6) is -0.861. The molecule has 1 atom stereocenters. The molecule has 0 radical (unpaired) electrons. The molecule has 0 heterocycles. The van der Waals surface area contributed by atoms with Crippen LogP contribution in [0.4, 0.5) is 0 Å². The largest absolute Gasteiger partial charge is 0.462 e. The minimum atomic E-state index is -0.773. The first kappa shape index (κ1) is 79.6. The van der Waals surface area contributed by atoms with Gasteiger partial charge in [0.05, 0.1) is 0 Å². The highest BCUT2D eigenvalue weighted by atomic mass is 16.6. The van der Waals surface area contributed by atoms with E-state index in [4.69, 9.17) is 14.2 Å². The number of carbonyl (C=O) groups excluding carboxylic acids is 3. The van der Waals surface area contributed by atoms with E-state index < -0.39 is 6.10 Å². The third kappa shape index (κ3) is 69.3. The Kier molecular flexibility index (Phi) is 68.2. The Morgan fingerprint density at radius 2 is 0.470 bits per heavy atom. The first-order valence-electron chi connectivity index (χ1n) is 36.1. The molecule has 0 spiro atoms. The summed E-state index contributed by atoms with van der Waals surface area (Å²) in [6, 6.07) is 0. The van der Waals surface area contributed by atoms with Crippen molar-refractivity contribution in [1.29, 1.82) is 0 Å². The van der Waals surface area contributed by atoms with Gasteiger partial charge in [-0.15, -0.1) is 0 Å². The minimum Gasteiger partial charge on any atom is -0.462 e. The maximum absolute atomic E-state index is 12.9. The van der Waals surface area contributed by atoms with Crippen molar-refractivity contribution in [1.82, 2.24) is 0 Å². The predicted octanol–water partition coefficient (Wildman–Crippen LogP) is 25.0. The Labute approximate surface area is 515 Å². The molecule has 0 aromatic rings. The van der Waals surface area contributed by atoms with Crippen molar-refractivity contribution in [2.45, 2.75) is 374 Å². The van der Waals surface area contributed by atoms with E-state index in [-0.39, 0.29) is 31.1 Å². The number of allylic oxidation sites excluding steroid dienone is 14. The number of hydrogen-bond donors (Lipinski definition) is 0. The molecule has 0 aromatic heterocycles. The van der Waals surface area contributed by atoms with E-state index in [0.717, 1.165) is 96.3 Å². The number of ether oxygens (including phenoxy) is 3. The van der Waals surface area contributed by atoms with E-state index in [1.165, 1.54) is 231 Å². The van der Waals surface area contributed by atoms with Gasteiger partial charge >= 0.3 is 17.9 Å². The fourth-order valence-electron chi connectivity index (χ4n) is 10.5. The Bertz CT molecular complexity index is 1570. The summed E-state index contributed by atoms with van der Waals surface area (Å²) in [7, 11) is 0. The van der Waals surface area contributed by atoms with Crippen molar-refractivity contribution in [2.24, 2.45) is 0 Å². The monoisotopic (exact) mass is 1160 g/mol. The van der Waals surface area contributed by atoms with E-state index in [2.05, 4.69) is 106 Å². The molecule has 0 aliphatic rings. The molecule has 0 fully saturated rings. The standard InChI is InChI=1S/C77H136O6/c1-4-7-10-13-16-18-20-22-24-26-28-30-32-33-34-35-36-37-38-39-40-41-42-43-45-46-48-50-52-54-56-58-61-64-67-70-76(79)82-73-74(72-81-75(78)69-66-63-60-15-12-9-6-3)83-77(80)71-68-65-62-59-57-55-53-51-49-47-44-31-29-27-25-23-21-19-17-14-11-8-5-2/h7,10,16,18,21-24,27-30,33-34,74H,4-6,8-9,11-15,17,19-20,25-26,31-32,35-73H2,1-3H3/b10-7-,18-16-,23-21-,24-22-,29-27-,30-28-,34-33-. The first-order valence-corrected chi connectivity index (χ1v) is 36.1. The van der Waals surface area contributed by atoms with Crippen molar-refractivity contribution in [3.63, 3.8) is 0 Å². The lowest BCUT2D eigenvalue weighted by atomic mass is 10.0. The summed E-state index contributed by atoms with van der Waals surface area (Å²) in [5, 5.41) is 0.